The molecule has 2 N–H and O–H groups in total. The predicted octanol–water partition coefficient (Wildman–Crippen LogP) is 3.02. The van der Waals surface area contributed by atoms with Crippen molar-refractivity contribution >= 4 is 12.4 Å². The Balaban J connectivity index is 0.00000220. The van der Waals surface area contributed by atoms with Crippen LogP contribution in [0.5, 0.6) is 5.75 Å². The number of aryl methyl sites for hydroxylation is 1. The van der Waals surface area contributed by atoms with Crippen LogP contribution in [0.1, 0.15) is 23.6 Å². The molecule has 0 amide bonds. The van der Waals surface area contributed by atoms with Crippen molar-refractivity contribution in [3.8, 4) is 5.75 Å². The number of rotatable bonds is 3. The van der Waals surface area contributed by atoms with Gasteiger partial charge in [0.25, 0.3) is 0 Å². The molecule has 1 fully saturated rings. The monoisotopic (exact) mass is 324 g/mol. The number of benzene rings is 1. The first-order valence-electron chi connectivity index (χ1n) is 6.68. The molecule has 21 heavy (non-hydrogen) atoms. The number of piperazine rings is 1. The van der Waals surface area contributed by atoms with Gasteiger partial charge in [0, 0.05) is 37.8 Å². The number of aromatic hydroxyl groups is 1. The van der Waals surface area contributed by atoms with E-state index in [1.165, 1.54) is 6.07 Å². The molecule has 7 heteroatoms. The number of hydrogen-bond donors (Lipinski definition) is 2. The highest BCUT2D eigenvalue weighted by molar-refractivity contribution is 5.85. The van der Waals surface area contributed by atoms with Crippen LogP contribution in [0.25, 0.3) is 0 Å². The van der Waals surface area contributed by atoms with Crippen LogP contribution in [-0.4, -0.2) is 42.4 Å². The van der Waals surface area contributed by atoms with Gasteiger partial charge in [-0.05, 0) is 18.6 Å². The summed E-state index contributed by atoms with van der Waals surface area (Å²) in [5, 5.41) is 13.1. The van der Waals surface area contributed by atoms with Crippen molar-refractivity contribution < 1.29 is 18.3 Å². The lowest BCUT2D eigenvalue weighted by molar-refractivity contribution is -0.148. The number of hydrogen-bond acceptors (Lipinski definition) is 3. The number of halogens is 4. The molecule has 0 unspecified atom stereocenters. The largest absolute Gasteiger partial charge is 0.508 e. The molecule has 0 saturated carbocycles. The molecule has 0 radical (unpaired) electrons. The number of alkyl halides is 3. The van der Waals surface area contributed by atoms with Gasteiger partial charge in [-0.1, -0.05) is 12.1 Å². The molecule has 1 aromatic carbocycles. The third-order valence-corrected chi connectivity index (χ3v) is 3.56. The normalized spacial score (nSPS) is 18.1. The zero-order chi connectivity index (χ0) is 14.8. The number of phenolic OH excluding ortho intramolecular Hbond substituents is 1. The van der Waals surface area contributed by atoms with Crippen molar-refractivity contribution in [3.63, 3.8) is 0 Å². The Morgan fingerprint density at radius 1 is 1.29 bits per heavy atom. The van der Waals surface area contributed by atoms with E-state index >= 15 is 0 Å². The second-order valence-corrected chi connectivity index (χ2v) is 5.18. The van der Waals surface area contributed by atoms with Gasteiger partial charge in [-0.15, -0.1) is 12.4 Å². The maximum Gasteiger partial charge on any atom is 0.390 e. The van der Waals surface area contributed by atoms with E-state index in [2.05, 4.69) is 5.32 Å². The fourth-order valence-corrected chi connectivity index (χ4v) is 2.58. The zero-order valence-electron chi connectivity index (χ0n) is 11.8. The maximum atomic E-state index is 12.8. The van der Waals surface area contributed by atoms with Crippen LogP contribution in [0.3, 0.4) is 0 Å². The van der Waals surface area contributed by atoms with Crippen LogP contribution in [0.15, 0.2) is 18.2 Å². The van der Waals surface area contributed by atoms with Crippen molar-refractivity contribution in [2.24, 2.45) is 0 Å². The first kappa shape index (κ1) is 18.1. The van der Waals surface area contributed by atoms with Crippen molar-refractivity contribution in [1.82, 2.24) is 10.2 Å². The van der Waals surface area contributed by atoms with Crippen LogP contribution in [0, 0.1) is 6.92 Å². The second-order valence-electron chi connectivity index (χ2n) is 5.18. The molecule has 3 nitrogen and oxygen atoms in total. The molecule has 0 bridgehead atoms. The first-order valence-corrected chi connectivity index (χ1v) is 6.68. The summed E-state index contributed by atoms with van der Waals surface area (Å²) < 4.78 is 38.5. The van der Waals surface area contributed by atoms with Gasteiger partial charge in [0.15, 0.2) is 0 Å². The van der Waals surface area contributed by atoms with Crippen LogP contribution in [-0.2, 0) is 0 Å². The van der Waals surface area contributed by atoms with E-state index in [-0.39, 0.29) is 18.2 Å². The van der Waals surface area contributed by atoms with Gasteiger partial charge in [0.1, 0.15) is 5.75 Å². The third-order valence-electron chi connectivity index (χ3n) is 3.56. The molecule has 1 saturated heterocycles. The van der Waals surface area contributed by atoms with Crippen LogP contribution >= 0.6 is 12.4 Å². The SMILES string of the molecule is Cc1ccc([C@H](CC(F)(F)F)N2CCNCC2)c(O)c1.Cl. The summed E-state index contributed by atoms with van der Waals surface area (Å²) in [4.78, 5) is 1.79. The summed E-state index contributed by atoms with van der Waals surface area (Å²) >= 11 is 0. The summed E-state index contributed by atoms with van der Waals surface area (Å²) in [6, 6.07) is 4.03. The molecule has 1 aromatic rings. The lowest BCUT2D eigenvalue weighted by Crippen LogP contribution is -2.46. The summed E-state index contributed by atoms with van der Waals surface area (Å²) in [6.07, 6.45) is -5.20. The Morgan fingerprint density at radius 3 is 2.43 bits per heavy atom. The minimum absolute atomic E-state index is 0. The van der Waals surface area contributed by atoms with Crippen molar-refractivity contribution in [3.05, 3.63) is 29.3 Å². The maximum absolute atomic E-state index is 12.8. The predicted molar refractivity (Wildman–Crippen MR) is 77.9 cm³/mol. The Kier molecular flexibility index (Phi) is 6.31. The molecule has 1 aliphatic rings. The highest BCUT2D eigenvalue weighted by Gasteiger charge is 2.36. The third kappa shape index (κ3) is 5.05. The molecule has 1 heterocycles. The molecule has 2 rings (SSSR count). The lowest BCUT2D eigenvalue weighted by atomic mass is 9.98. The van der Waals surface area contributed by atoms with E-state index in [1.807, 2.05) is 0 Å². The van der Waals surface area contributed by atoms with Crippen molar-refractivity contribution in [2.75, 3.05) is 26.2 Å². The Morgan fingerprint density at radius 2 is 1.90 bits per heavy atom. The highest BCUT2D eigenvalue weighted by Crippen LogP contribution is 2.37. The molecular weight excluding hydrogens is 305 g/mol. The molecule has 0 aromatic heterocycles. The minimum atomic E-state index is -4.26. The Hall–Kier alpha value is -0.980. The summed E-state index contributed by atoms with van der Waals surface area (Å²) in [7, 11) is 0. The minimum Gasteiger partial charge on any atom is -0.508 e. The molecule has 120 valence electrons. The van der Waals surface area contributed by atoms with E-state index in [0.29, 0.717) is 31.7 Å². The summed E-state index contributed by atoms with van der Waals surface area (Å²) in [5.41, 5.74) is 1.19. The molecule has 0 spiro atoms. The van der Waals surface area contributed by atoms with E-state index < -0.39 is 18.6 Å². The lowest BCUT2D eigenvalue weighted by Gasteiger charge is -2.36. The number of phenols is 1. The fraction of sp³-hybridized carbons (Fsp3) is 0.571. The summed E-state index contributed by atoms with van der Waals surface area (Å²) in [6.45, 7) is 4.23. The fourth-order valence-electron chi connectivity index (χ4n) is 2.58. The quantitative estimate of drug-likeness (QED) is 0.897. The van der Waals surface area contributed by atoms with E-state index in [0.717, 1.165) is 5.56 Å². The average molecular weight is 325 g/mol. The molecule has 1 atom stereocenters. The van der Waals surface area contributed by atoms with E-state index in [4.69, 9.17) is 0 Å². The average Bonchev–Trinajstić information content (AvgIpc) is 2.36. The molecule has 0 aliphatic carbocycles. The van der Waals surface area contributed by atoms with Gasteiger partial charge in [0.2, 0.25) is 0 Å². The standard InChI is InChI=1S/C14H19F3N2O.ClH/c1-10-2-3-11(13(20)8-10)12(9-14(15,16)17)19-6-4-18-5-7-19;/h2-3,8,12,18,20H,4-7,9H2,1H3;1H/t12-;/m0./s1. The van der Waals surface area contributed by atoms with E-state index in [9.17, 15) is 18.3 Å². The van der Waals surface area contributed by atoms with Crippen LogP contribution < -0.4 is 5.32 Å². The number of nitrogens with zero attached hydrogens (tertiary/aromatic N) is 1. The van der Waals surface area contributed by atoms with E-state index in [1.54, 1.807) is 24.0 Å². The van der Waals surface area contributed by atoms with Gasteiger partial charge in [-0.25, -0.2) is 0 Å². The zero-order valence-corrected chi connectivity index (χ0v) is 12.6. The van der Waals surface area contributed by atoms with Gasteiger partial charge in [-0.3, -0.25) is 4.90 Å². The Bertz CT molecular complexity index is 462. The molecule has 1 aliphatic heterocycles. The topological polar surface area (TPSA) is 35.5 Å². The second kappa shape index (κ2) is 7.33. The molecular formula is C14H20ClF3N2O. The van der Waals surface area contributed by atoms with Crippen LogP contribution in [0.2, 0.25) is 0 Å². The van der Waals surface area contributed by atoms with Gasteiger partial charge >= 0.3 is 6.18 Å². The number of nitrogens with one attached hydrogen (secondary N) is 1. The highest BCUT2D eigenvalue weighted by atomic mass is 35.5. The Labute approximate surface area is 128 Å². The smallest absolute Gasteiger partial charge is 0.390 e. The van der Waals surface area contributed by atoms with Gasteiger partial charge in [-0.2, -0.15) is 13.2 Å². The van der Waals surface area contributed by atoms with Gasteiger partial charge < -0.3 is 10.4 Å². The van der Waals surface area contributed by atoms with Crippen LogP contribution in [0.4, 0.5) is 13.2 Å². The first-order chi connectivity index (χ1) is 9.37. The van der Waals surface area contributed by atoms with Gasteiger partial charge in [0.05, 0.1) is 6.42 Å². The summed E-state index contributed by atoms with van der Waals surface area (Å²) in [5.74, 6) is -0.0576. The van der Waals surface area contributed by atoms with Crippen molar-refractivity contribution in [1.29, 1.82) is 0 Å². The van der Waals surface area contributed by atoms with Crippen molar-refractivity contribution in [2.45, 2.75) is 25.6 Å².